The van der Waals surface area contributed by atoms with Crippen molar-refractivity contribution in [2.75, 3.05) is 0 Å². The maximum atomic E-state index is 11.8. The Labute approximate surface area is 61.4 Å². The Kier molecular flexibility index (Phi) is 1.89. The number of alkyl halides is 2. The minimum atomic E-state index is -2.65. The van der Waals surface area contributed by atoms with Gasteiger partial charge in [0.2, 0.25) is 0 Å². The number of hydrogen-bond donors (Lipinski definition) is 0. The van der Waals surface area contributed by atoms with Crippen LogP contribution in [0.5, 0.6) is 0 Å². The van der Waals surface area contributed by atoms with Crippen LogP contribution in [0.15, 0.2) is 6.20 Å². The van der Waals surface area contributed by atoms with E-state index in [1.165, 1.54) is 0 Å². The van der Waals surface area contributed by atoms with Crippen molar-refractivity contribution in [1.82, 2.24) is 9.78 Å². The minimum absolute atomic E-state index is 0.153. The smallest absolute Gasteiger partial charge is 0.210 e. The summed E-state index contributed by atoms with van der Waals surface area (Å²) in [7, 11) is 0. The summed E-state index contributed by atoms with van der Waals surface area (Å²) in [5, 5.41) is 3.49. The topological polar surface area (TPSA) is 17.8 Å². The molecular formula is C5H4ClF2N2. The molecular weight excluding hydrogens is 162 g/mol. The first kappa shape index (κ1) is 7.47. The van der Waals surface area contributed by atoms with Crippen LogP contribution in [-0.2, 0) is 0 Å². The van der Waals surface area contributed by atoms with E-state index in [4.69, 9.17) is 11.6 Å². The summed E-state index contributed by atoms with van der Waals surface area (Å²) in [5.41, 5.74) is 0.168. The fourth-order valence-electron chi connectivity index (χ4n) is 0.507. The van der Waals surface area contributed by atoms with Crippen LogP contribution in [0.1, 0.15) is 12.2 Å². The van der Waals surface area contributed by atoms with E-state index in [1.807, 2.05) is 0 Å². The van der Waals surface area contributed by atoms with Crippen LogP contribution in [-0.4, -0.2) is 9.78 Å². The molecule has 0 bridgehead atoms. The van der Waals surface area contributed by atoms with Crippen LogP contribution in [0, 0.1) is 6.92 Å². The second kappa shape index (κ2) is 2.54. The van der Waals surface area contributed by atoms with Gasteiger partial charge in [-0.05, 0) is 6.92 Å². The fraction of sp³-hybridized carbons (Fsp3) is 0.200. The SMILES string of the molecule is [CH2]c1nn(C(F)F)cc1Cl. The lowest BCUT2D eigenvalue weighted by atomic mass is 10.5. The molecule has 10 heavy (non-hydrogen) atoms. The Morgan fingerprint density at radius 3 is 2.50 bits per heavy atom. The number of rotatable bonds is 1. The largest absolute Gasteiger partial charge is 0.333 e. The van der Waals surface area contributed by atoms with Crippen LogP contribution < -0.4 is 0 Å². The first-order chi connectivity index (χ1) is 4.61. The number of aromatic nitrogens is 2. The van der Waals surface area contributed by atoms with E-state index in [2.05, 4.69) is 12.0 Å². The maximum absolute atomic E-state index is 11.8. The molecule has 0 aromatic carbocycles. The molecule has 1 aromatic heterocycles. The molecule has 0 spiro atoms. The molecule has 55 valence electrons. The van der Waals surface area contributed by atoms with Crippen molar-refractivity contribution in [1.29, 1.82) is 0 Å². The minimum Gasteiger partial charge on any atom is -0.210 e. The predicted octanol–water partition coefficient (Wildman–Crippen LogP) is 2.11. The molecule has 0 amide bonds. The Balaban J connectivity index is 2.98. The molecule has 1 rings (SSSR count). The van der Waals surface area contributed by atoms with Gasteiger partial charge in [0.1, 0.15) is 0 Å². The van der Waals surface area contributed by atoms with E-state index in [0.717, 1.165) is 6.20 Å². The van der Waals surface area contributed by atoms with E-state index in [1.54, 1.807) is 0 Å². The van der Waals surface area contributed by atoms with Crippen LogP contribution >= 0.6 is 11.6 Å². The lowest BCUT2D eigenvalue weighted by Crippen LogP contribution is -1.97. The average Bonchev–Trinajstić information content (AvgIpc) is 2.13. The molecule has 0 N–H and O–H groups in total. The van der Waals surface area contributed by atoms with Gasteiger partial charge in [0.25, 0.3) is 0 Å². The van der Waals surface area contributed by atoms with Crippen molar-refractivity contribution >= 4 is 11.6 Å². The quantitative estimate of drug-likeness (QED) is 0.623. The molecule has 0 fully saturated rings. The van der Waals surface area contributed by atoms with Gasteiger partial charge in [-0.15, -0.1) is 0 Å². The molecule has 5 heteroatoms. The van der Waals surface area contributed by atoms with Crippen LogP contribution in [0.2, 0.25) is 5.02 Å². The summed E-state index contributed by atoms with van der Waals surface area (Å²) in [6, 6.07) is 0. The average molecular weight is 166 g/mol. The van der Waals surface area contributed by atoms with Gasteiger partial charge in [-0.1, -0.05) is 11.6 Å². The van der Waals surface area contributed by atoms with Gasteiger partial charge in [-0.2, -0.15) is 13.9 Å². The van der Waals surface area contributed by atoms with Gasteiger partial charge < -0.3 is 0 Å². The highest BCUT2D eigenvalue weighted by atomic mass is 35.5. The van der Waals surface area contributed by atoms with Gasteiger partial charge in [-0.25, -0.2) is 4.68 Å². The van der Waals surface area contributed by atoms with Gasteiger partial charge >= 0.3 is 6.55 Å². The summed E-state index contributed by atoms with van der Waals surface area (Å²) in [6.45, 7) is 0.681. The lowest BCUT2D eigenvalue weighted by Gasteiger charge is -1.94. The van der Waals surface area contributed by atoms with Crippen molar-refractivity contribution in [2.24, 2.45) is 0 Å². The van der Waals surface area contributed by atoms with Crippen molar-refractivity contribution < 1.29 is 8.78 Å². The molecule has 0 aliphatic carbocycles. The molecule has 0 unspecified atom stereocenters. The maximum Gasteiger partial charge on any atom is 0.333 e. The first-order valence-electron chi connectivity index (χ1n) is 2.46. The molecule has 1 aromatic rings. The van der Waals surface area contributed by atoms with Crippen molar-refractivity contribution in [3.63, 3.8) is 0 Å². The van der Waals surface area contributed by atoms with Crippen molar-refractivity contribution in [2.45, 2.75) is 6.55 Å². The van der Waals surface area contributed by atoms with E-state index in [-0.39, 0.29) is 10.7 Å². The standard InChI is InChI=1S/C5H4ClF2N2/c1-3-4(6)2-10(9-3)5(7)8/h2,5H,1H2. The molecule has 1 heterocycles. The van der Waals surface area contributed by atoms with Gasteiger partial charge in [0.05, 0.1) is 10.7 Å². The Morgan fingerprint density at radius 1 is 1.70 bits per heavy atom. The van der Waals surface area contributed by atoms with Gasteiger partial charge in [-0.3, -0.25) is 0 Å². The summed E-state index contributed by atoms with van der Waals surface area (Å²) in [4.78, 5) is 0. The number of hydrogen-bond acceptors (Lipinski definition) is 1. The highest BCUT2D eigenvalue weighted by molar-refractivity contribution is 6.31. The van der Waals surface area contributed by atoms with E-state index in [0.29, 0.717) is 4.68 Å². The molecule has 0 aliphatic rings. The molecule has 0 atom stereocenters. The van der Waals surface area contributed by atoms with E-state index >= 15 is 0 Å². The van der Waals surface area contributed by atoms with Crippen LogP contribution in [0.3, 0.4) is 0 Å². The monoisotopic (exact) mass is 165 g/mol. The van der Waals surface area contributed by atoms with Crippen LogP contribution in [0.25, 0.3) is 0 Å². The third-order valence-corrected chi connectivity index (χ3v) is 1.27. The normalized spacial score (nSPS) is 10.9. The van der Waals surface area contributed by atoms with E-state index in [9.17, 15) is 8.78 Å². The molecule has 1 radical (unpaired) electrons. The third-order valence-electron chi connectivity index (χ3n) is 0.957. The molecule has 2 nitrogen and oxygen atoms in total. The summed E-state index contributed by atoms with van der Waals surface area (Å²) < 4.78 is 24.0. The zero-order chi connectivity index (χ0) is 7.72. The summed E-state index contributed by atoms with van der Waals surface area (Å²) in [5.74, 6) is 0. The highest BCUT2D eigenvalue weighted by Gasteiger charge is 2.08. The fourth-order valence-corrected chi connectivity index (χ4v) is 0.644. The molecule has 0 saturated carbocycles. The van der Waals surface area contributed by atoms with Crippen LogP contribution in [0.4, 0.5) is 8.78 Å². The Hall–Kier alpha value is -0.640. The lowest BCUT2D eigenvalue weighted by molar-refractivity contribution is 0.0564. The zero-order valence-electron chi connectivity index (χ0n) is 4.89. The van der Waals surface area contributed by atoms with Crippen molar-refractivity contribution in [3.8, 4) is 0 Å². The molecule has 0 saturated heterocycles. The summed E-state index contributed by atoms with van der Waals surface area (Å²) in [6.07, 6.45) is 1.04. The second-order valence-electron chi connectivity index (χ2n) is 1.68. The Morgan fingerprint density at radius 2 is 2.30 bits per heavy atom. The Bertz CT molecular complexity index is 214. The predicted molar refractivity (Wildman–Crippen MR) is 32.9 cm³/mol. The second-order valence-corrected chi connectivity index (χ2v) is 2.09. The van der Waals surface area contributed by atoms with Gasteiger partial charge in [0, 0.05) is 6.20 Å². The zero-order valence-corrected chi connectivity index (χ0v) is 5.65. The van der Waals surface area contributed by atoms with Gasteiger partial charge in [0.15, 0.2) is 0 Å². The molecule has 0 aliphatic heterocycles. The summed E-state index contributed by atoms with van der Waals surface area (Å²) >= 11 is 5.39. The highest BCUT2D eigenvalue weighted by Crippen LogP contribution is 2.16. The van der Waals surface area contributed by atoms with Crippen molar-refractivity contribution in [3.05, 3.63) is 23.8 Å². The number of halogens is 3. The third kappa shape index (κ3) is 1.26. The first-order valence-corrected chi connectivity index (χ1v) is 2.84. The number of nitrogens with zero attached hydrogens (tertiary/aromatic N) is 2. The van der Waals surface area contributed by atoms with E-state index < -0.39 is 6.55 Å².